The van der Waals surface area contributed by atoms with Crippen LogP contribution in [-0.4, -0.2) is 65.9 Å². The Kier molecular flexibility index (Phi) is 7.05. The topological polar surface area (TPSA) is 75.9 Å². The first kappa shape index (κ1) is 22.0. The van der Waals surface area contributed by atoms with Crippen LogP contribution in [0, 0.1) is 11.8 Å². The van der Waals surface area contributed by atoms with Crippen LogP contribution in [0.3, 0.4) is 0 Å². The Morgan fingerprint density at radius 3 is 2.25 bits per heavy atom. The molecule has 1 saturated carbocycles. The number of piperidine rings is 1. The molecular formula is C20H30IN3O3S. The molecule has 2 aliphatic heterocycles. The lowest BCUT2D eigenvalue weighted by atomic mass is 9.64. The summed E-state index contributed by atoms with van der Waals surface area (Å²) < 4.78 is 6.23. The monoisotopic (exact) mass is 519 g/mol. The molecular weight excluding hydrogens is 489 g/mol. The zero-order valence-electron chi connectivity index (χ0n) is 16.8. The maximum atomic E-state index is 11.6. The van der Waals surface area contributed by atoms with E-state index < -0.39 is 0 Å². The molecule has 2 amide bonds. The second-order valence-corrected chi connectivity index (χ2v) is 8.97. The van der Waals surface area contributed by atoms with Crippen LogP contribution >= 0.6 is 33.9 Å². The fourth-order valence-electron chi connectivity index (χ4n) is 5.23. The molecule has 2 bridgehead atoms. The maximum absolute atomic E-state index is 11.6. The van der Waals surface area contributed by atoms with E-state index in [1.807, 2.05) is 29.1 Å². The first-order valence-corrected chi connectivity index (χ1v) is 12.8. The summed E-state index contributed by atoms with van der Waals surface area (Å²) in [5.41, 5.74) is 5.16. The Balaban J connectivity index is 0.00000109. The number of thiophene rings is 1. The number of carbonyl (C=O) groups is 2. The average molecular weight is 519 g/mol. The number of ether oxygens (including phenoxy) is 1. The van der Waals surface area contributed by atoms with Crippen LogP contribution in [0.4, 0.5) is 0 Å². The Morgan fingerprint density at radius 1 is 1.18 bits per heavy atom. The van der Waals surface area contributed by atoms with Crippen LogP contribution in [-0.2, 0) is 15.1 Å². The Hall–Kier alpha value is -0.710. The largest absolute Gasteiger partial charge is 0.372 e. The van der Waals surface area contributed by atoms with Crippen molar-refractivity contribution < 1.29 is 14.3 Å². The first-order valence-electron chi connectivity index (χ1n) is 9.78. The van der Waals surface area contributed by atoms with Gasteiger partial charge in [0, 0.05) is 63.0 Å². The number of halogens is 1. The third kappa shape index (κ3) is 3.73. The lowest BCUT2D eigenvalue weighted by molar-refractivity contribution is -0.180. The van der Waals surface area contributed by atoms with Gasteiger partial charge in [0.25, 0.3) is 5.91 Å². The van der Waals surface area contributed by atoms with Gasteiger partial charge in [0.2, 0.25) is 5.91 Å². The van der Waals surface area contributed by atoms with Crippen LogP contribution in [0.25, 0.3) is 0 Å². The summed E-state index contributed by atoms with van der Waals surface area (Å²) >= 11 is 3.64. The summed E-state index contributed by atoms with van der Waals surface area (Å²) in [5.74, 6) is 0.618. The van der Waals surface area contributed by atoms with Crippen molar-refractivity contribution in [3.63, 3.8) is 0 Å². The lowest BCUT2D eigenvalue weighted by Gasteiger charge is -2.58. The molecule has 3 heterocycles. The third-order valence-electron chi connectivity index (χ3n) is 6.62. The van der Waals surface area contributed by atoms with E-state index in [0.29, 0.717) is 22.8 Å². The normalized spacial score (nSPS) is 30.2. The number of nitrogens with two attached hydrogens (primary N) is 1. The van der Waals surface area contributed by atoms with Crippen LogP contribution in [0.5, 0.6) is 0 Å². The van der Waals surface area contributed by atoms with E-state index >= 15 is 0 Å². The van der Waals surface area contributed by atoms with Gasteiger partial charge in [0.05, 0.1) is 4.88 Å². The van der Waals surface area contributed by atoms with Crippen molar-refractivity contribution in [2.24, 2.45) is 17.6 Å². The van der Waals surface area contributed by atoms with E-state index in [0.717, 1.165) is 43.9 Å². The average Bonchev–Trinajstić information content (AvgIpc) is 3.12. The number of primary amides is 1. The molecule has 1 aromatic heterocycles. The number of carbonyl (C=O) groups excluding carboxylic acids is 2. The molecule has 28 heavy (non-hydrogen) atoms. The molecule has 0 aromatic carbocycles. The zero-order valence-corrected chi connectivity index (χ0v) is 19.8. The molecule has 3 fully saturated rings. The molecule has 2 saturated heterocycles. The molecule has 0 radical (unpaired) electrons. The second kappa shape index (κ2) is 8.97. The Labute approximate surface area is 184 Å². The molecule has 2 atom stereocenters. The maximum Gasteiger partial charge on any atom is 0.258 e. The highest BCUT2D eigenvalue weighted by atomic mass is 127. The number of alkyl halides is 1. The van der Waals surface area contributed by atoms with Gasteiger partial charge in [-0.3, -0.25) is 14.5 Å². The first-order chi connectivity index (χ1) is 13.5. The number of nitrogens with zero attached hydrogens (tertiary/aromatic N) is 2. The summed E-state index contributed by atoms with van der Waals surface area (Å²) in [4.78, 5) is 31.2. The number of fused-ring (bicyclic) bond motifs is 2. The molecule has 2 N–H and O–H groups in total. The van der Waals surface area contributed by atoms with Gasteiger partial charge in [-0.2, -0.15) is 0 Å². The summed E-state index contributed by atoms with van der Waals surface area (Å²) in [6, 6.07) is 4.35. The van der Waals surface area contributed by atoms with Crippen LogP contribution in [0.2, 0.25) is 0 Å². The van der Waals surface area contributed by atoms with E-state index in [1.165, 1.54) is 17.8 Å². The summed E-state index contributed by atoms with van der Waals surface area (Å²) in [6.07, 6.45) is 3.49. The van der Waals surface area contributed by atoms with Gasteiger partial charge in [-0.15, -0.1) is 11.3 Å². The Morgan fingerprint density at radius 2 is 1.79 bits per heavy atom. The van der Waals surface area contributed by atoms with Gasteiger partial charge in [0.1, 0.15) is 5.60 Å². The minimum atomic E-state index is -0.367. The van der Waals surface area contributed by atoms with Gasteiger partial charge < -0.3 is 15.4 Å². The predicted molar refractivity (Wildman–Crippen MR) is 120 cm³/mol. The number of hydrogen-bond donors (Lipinski definition) is 1. The van der Waals surface area contributed by atoms with Crippen molar-refractivity contribution in [3.8, 4) is 0 Å². The number of rotatable bonds is 4. The van der Waals surface area contributed by atoms with Crippen molar-refractivity contribution in [2.75, 3.05) is 38.2 Å². The second-order valence-electron chi connectivity index (χ2n) is 7.88. The van der Waals surface area contributed by atoms with Gasteiger partial charge in [0.15, 0.2) is 0 Å². The van der Waals surface area contributed by atoms with E-state index in [4.69, 9.17) is 10.5 Å². The minimum Gasteiger partial charge on any atom is -0.372 e. The zero-order chi connectivity index (χ0) is 20.5. The predicted octanol–water partition coefficient (Wildman–Crippen LogP) is 2.70. The van der Waals surface area contributed by atoms with Gasteiger partial charge in [-0.25, -0.2) is 0 Å². The molecule has 4 rings (SSSR count). The standard InChI is InChI=1S/C19H27N3O3S.CH3I/c1-12(23)21-10-15(11-21)22-8-13-4-3-5-14(9-22)19(13,25-2)17-7-6-16(26-17)18(20)24;1-2/h6-7,13-15H,3-5,8-11H2,1-2H3,(H2,20,24);1H3. The van der Waals surface area contributed by atoms with E-state index in [2.05, 4.69) is 27.5 Å². The molecule has 8 heteroatoms. The fourth-order valence-corrected chi connectivity index (χ4v) is 6.41. The van der Waals surface area contributed by atoms with Gasteiger partial charge >= 0.3 is 0 Å². The minimum absolute atomic E-state index is 0.169. The number of likely N-dealkylation sites (tertiary alicyclic amines) is 2. The molecule has 2 unspecified atom stereocenters. The van der Waals surface area contributed by atoms with Crippen molar-refractivity contribution >= 4 is 45.7 Å². The summed E-state index contributed by atoms with van der Waals surface area (Å²) in [7, 11) is 1.81. The highest BCUT2D eigenvalue weighted by Crippen LogP contribution is 2.53. The van der Waals surface area contributed by atoms with Crippen LogP contribution < -0.4 is 5.73 Å². The molecule has 156 valence electrons. The Bertz CT molecular complexity index is 705. The van der Waals surface area contributed by atoms with Crippen LogP contribution in [0.15, 0.2) is 12.1 Å². The molecule has 6 nitrogen and oxygen atoms in total. The molecule has 1 aromatic rings. The SMILES string of the molecule is CI.COC1(c2ccc(C(N)=O)s2)C2CCCC1CN(C1CN(C(C)=O)C1)C2. The quantitative estimate of drug-likeness (QED) is 0.491. The molecule has 3 aliphatic rings. The molecule has 1 aliphatic carbocycles. The van der Waals surface area contributed by atoms with E-state index in [1.54, 1.807) is 6.92 Å². The number of methoxy groups -OCH3 is 1. The van der Waals surface area contributed by atoms with Crippen molar-refractivity contribution in [1.82, 2.24) is 9.80 Å². The highest BCUT2D eigenvalue weighted by molar-refractivity contribution is 14.1. The lowest BCUT2D eigenvalue weighted by Crippen LogP contribution is -2.67. The fraction of sp³-hybridized carbons (Fsp3) is 0.700. The van der Waals surface area contributed by atoms with Crippen molar-refractivity contribution in [1.29, 1.82) is 0 Å². The molecule has 0 spiro atoms. The summed E-state index contributed by atoms with van der Waals surface area (Å²) in [6.45, 7) is 5.32. The number of amides is 2. The van der Waals surface area contributed by atoms with E-state index in [-0.39, 0.29) is 17.4 Å². The van der Waals surface area contributed by atoms with Crippen molar-refractivity contribution in [3.05, 3.63) is 21.9 Å². The van der Waals surface area contributed by atoms with Crippen LogP contribution in [0.1, 0.15) is 40.7 Å². The van der Waals surface area contributed by atoms with Crippen molar-refractivity contribution in [2.45, 2.75) is 37.8 Å². The van der Waals surface area contributed by atoms with E-state index in [9.17, 15) is 9.59 Å². The third-order valence-corrected chi connectivity index (χ3v) is 7.86. The van der Waals surface area contributed by atoms with Gasteiger partial charge in [-0.05, 0) is 29.9 Å². The van der Waals surface area contributed by atoms with Gasteiger partial charge in [-0.1, -0.05) is 29.0 Å². The summed E-state index contributed by atoms with van der Waals surface area (Å²) in [5, 5.41) is 0. The smallest absolute Gasteiger partial charge is 0.258 e. The number of hydrogen-bond acceptors (Lipinski definition) is 5. The highest BCUT2D eigenvalue weighted by Gasteiger charge is 2.55.